The molecule has 1 aliphatic heterocycles. The third-order valence-corrected chi connectivity index (χ3v) is 2.33. The molecule has 0 saturated carbocycles. The molecule has 1 fully saturated rings. The molecule has 1 aliphatic rings. The predicted octanol–water partition coefficient (Wildman–Crippen LogP) is -2.09. The maximum atomic E-state index is 11.5. The molecular weight excluding hydrogens is 214 g/mol. The smallest absolute Gasteiger partial charge is 0.308 e. The van der Waals surface area contributed by atoms with Gasteiger partial charge in [0.05, 0.1) is 12.5 Å². The highest BCUT2D eigenvalue weighted by atomic mass is 16.4. The first kappa shape index (κ1) is 12.4. The normalized spacial score (nSPS) is 22.1. The zero-order chi connectivity index (χ0) is 12.1. The molecule has 0 bridgehead atoms. The number of amides is 2. The molecule has 2 atom stereocenters. The van der Waals surface area contributed by atoms with Crippen molar-refractivity contribution in [2.45, 2.75) is 13.0 Å². The van der Waals surface area contributed by atoms with Gasteiger partial charge < -0.3 is 15.7 Å². The van der Waals surface area contributed by atoms with Crippen LogP contribution in [0.3, 0.4) is 0 Å². The van der Waals surface area contributed by atoms with E-state index in [1.54, 1.807) is 0 Å². The van der Waals surface area contributed by atoms with E-state index in [0.717, 1.165) is 0 Å². The second-order valence-corrected chi connectivity index (χ2v) is 3.72. The minimum atomic E-state index is -0.954. The Hall–Kier alpha value is -1.63. The Bertz CT molecular complexity index is 295. The van der Waals surface area contributed by atoms with Crippen LogP contribution in [-0.4, -0.2) is 48.6 Å². The first-order valence-electron chi connectivity index (χ1n) is 5.01. The third-order valence-electron chi connectivity index (χ3n) is 2.33. The largest absolute Gasteiger partial charge is 0.481 e. The summed E-state index contributed by atoms with van der Waals surface area (Å²) in [6, 6.07) is -0.487. The van der Waals surface area contributed by atoms with Crippen LogP contribution in [0.5, 0.6) is 0 Å². The van der Waals surface area contributed by atoms with Crippen molar-refractivity contribution in [2.24, 2.45) is 5.92 Å². The Kier molecular flexibility index (Phi) is 4.24. The second-order valence-electron chi connectivity index (χ2n) is 3.72. The molecule has 2 amide bonds. The number of carbonyl (C=O) groups excluding carboxylic acids is 2. The average molecular weight is 229 g/mol. The van der Waals surface area contributed by atoms with Gasteiger partial charge in [0.15, 0.2) is 0 Å². The quantitative estimate of drug-likeness (QED) is 0.442. The van der Waals surface area contributed by atoms with Crippen molar-refractivity contribution in [3.8, 4) is 0 Å². The number of carboxylic acids is 1. The van der Waals surface area contributed by atoms with Gasteiger partial charge in [-0.3, -0.25) is 19.7 Å². The van der Waals surface area contributed by atoms with Gasteiger partial charge in [-0.1, -0.05) is 6.92 Å². The number of piperazine rings is 1. The molecule has 0 aromatic carbocycles. The summed E-state index contributed by atoms with van der Waals surface area (Å²) in [6.07, 6.45) is 0. The van der Waals surface area contributed by atoms with Crippen molar-refractivity contribution in [3.05, 3.63) is 0 Å². The molecule has 1 heterocycles. The van der Waals surface area contributed by atoms with Crippen LogP contribution in [0.4, 0.5) is 0 Å². The van der Waals surface area contributed by atoms with E-state index in [0.29, 0.717) is 0 Å². The van der Waals surface area contributed by atoms with Crippen molar-refractivity contribution in [3.63, 3.8) is 0 Å². The molecule has 2 unspecified atom stereocenters. The number of hydrogen-bond donors (Lipinski definition) is 4. The topological polar surface area (TPSA) is 108 Å². The molecule has 7 nitrogen and oxygen atoms in total. The van der Waals surface area contributed by atoms with E-state index in [-0.39, 0.29) is 31.4 Å². The van der Waals surface area contributed by atoms with Crippen LogP contribution in [0.2, 0.25) is 0 Å². The van der Waals surface area contributed by atoms with Gasteiger partial charge in [-0.2, -0.15) is 0 Å². The Balaban J connectivity index is 2.30. The first-order valence-corrected chi connectivity index (χ1v) is 5.01. The van der Waals surface area contributed by atoms with E-state index in [4.69, 9.17) is 5.11 Å². The van der Waals surface area contributed by atoms with E-state index in [2.05, 4.69) is 16.0 Å². The van der Waals surface area contributed by atoms with Crippen molar-refractivity contribution < 1.29 is 19.5 Å². The summed E-state index contributed by atoms with van der Waals surface area (Å²) in [5.74, 6) is -2.02. The Morgan fingerprint density at radius 1 is 1.62 bits per heavy atom. The van der Waals surface area contributed by atoms with E-state index >= 15 is 0 Å². The molecule has 90 valence electrons. The van der Waals surface area contributed by atoms with E-state index < -0.39 is 17.9 Å². The second kappa shape index (κ2) is 5.45. The Morgan fingerprint density at radius 3 is 2.81 bits per heavy atom. The average Bonchev–Trinajstić information content (AvgIpc) is 2.26. The van der Waals surface area contributed by atoms with Crippen molar-refractivity contribution in [1.29, 1.82) is 0 Å². The summed E-state index contributed by atoms with van der Waals surface area (Å²) >= 11 is 0. The highest BCUT2D eigenvalue weighted by Gasteiger charge is 2.24. The van der Waals surface area contributed by atoms with Gasteiger partial charge in [0.1, 0.15) is 6.04 Å². The number of carbonyl (C=O) groups is 3. The molecule has 1 rings (SSSR count). The van der Waals surface area contributed by atoms with Gasteiger partial charge in [-0.15, -0.1) is 0 Å². The number of rotatable bonds is 4. The zero-order valence-corrected chi connectivity index (χ0v) is 8.95. The lowest BCUT2D eigenvalue weighted by atomic mass is 10.1. The fraction of sp³-hybridized carbons (Fsp3) is 0.667. The molecule has 0 aromatic rings. The van der Waals surface area contributed by atoms with Gasteiger partial charge in [0, 0.05) is 13.1 Å². The maximum Gasteiger partial charge on any atom is 0.308 e. The first-order chi connectivity index (χ1) is 7.50. The number of aliphatic carboxylic acids is 1. The van der Waals surface area contributed by atoms with E-state index in [1.165, 1.54) is 6.92 Å². The van der Waals surface area contributed by atoms with Gasteiger partial charge in [-0.05, 0) is 0 Å². The summed E-state index contributed by atoms with van der Waals surface area (Å²) in [4.78, 5) is 32.8. The van der Waals surface area contributed by atoms with Crippen LogP contribution in [0, 0.1) is 5.92 Å². The monoisotopic (exact) mass is 229 g/mol. The van der Waals surface area contributed by atoms with E-state index in [9.17, 15) is 14.4 Å². The highest BCUT2D eigenvalue weighted by molar-refractivity contribution is 5.87. The number of nitrogens with one attached hydrogen (secondary N) is 3. The van der Waals surface area contributed by atoms with Crippen molar-refractivity contribution in [1.82, 2.24) is 16.0 Å². The van der Waals surface area contributed by atoms with Gasteiger partial charge >= 0.3 is 5.97 Å². The summed E-state index contributed by atoms with van der Waals surface area (Å²) in [5.41, 5.74) is 0. The zero-order valence-electron chi connectivity index (χ0n) is 8.95. The summed E-state index contributed by atoms with van der Waals surface area (Å²) in [6.45, 7) is 1.93. The molecular formula is C9H15N3O4. The summed E-state index contributed by atoms with van der Waals surface area (Å²) in [7, 11) is 0. The van der Waals surface area contributed by atoms with Gasteiger partial charge in [0.2, 0.25) is 11.8 Å². The van der Waals surface area contributed by atoms with E-state index in [1.807, 2.05) is 0 Å². The Morgan fingerprint density at radius 2 is 2.31 bits per heavy atom. The minimum absolute atomic E-state index is 0.0836. The van der Waals surface area contributed by atoms with Crippen LogP contribution < -0.4 is 16.0 Å². The van der Waals surface area contributed by atoms with Crippen molar-refractivity contribution >= 4 is 17.8 Å². The van der Waals surface area contributed by atoms with Crippen molar-refractivity contribution in [2.75, 3.05) is 19.6 Å². The fourth-order valence-electron chi connectivity index (χ4n) is 1.22. The SMILES string of the molecule is CC(CNC(=O)C1CNC(=O)CN1)C(=O)O. The predicted molar refractivity (Wildman–Crippen MR) is 54.6 cm³/mol. The van der Waals surface area contributed by atoms with Crippen LogP contribution in [0.25, 0.3) is 0 Å². The van der Waals surface area contributed by atoms with Gasteiger partial charge in [0.25, 0.3) is 0 Å². The molecule has 0 radical (unpaired) electrons. The lowest BCUT2D eigenvalue weighted by Gasteiger charge is -2.23. The maximum absolute atomic E-state index is 11.5. The molecule has 16 heavy (non-hydrogen) atoms. The minimum Gasteiger partial charge on any atom is -0.481 e. The van der Waals surface area contributed by atoms with Crippen LogP contribution in [-0.2, 0) is 14.4 Å². The lowest BCUT2D eigenvalue weighted by molar-refractivity contribution is -0.141. The van der Waals surface area contributed by atoms with Crippen LogP contribution >= 0.6 is 0 Å². The molecule has 4 N–H and O–H groups in total. The standard InChI is InChI=1S/C9H15N3O4/c1-5(9(15)16)2-12-8(14)6-3-11-7(13)4-10-6/h5-6,10H,2-4H2,1H3,(H,11,13)(H,12,14)(H,15,16). The fourth-order valence-corrected chi connectivity index (χ4v) is 1.22. The third kappa shape index (κ3) is 3.50. The molecule has 0 spiro atoms. The summed E-state index contributed by atoms with van der Waals surface area (Å²) in [5, 5.41) is 16.4. The van der Waals surface area contributed by atoms with Crippen LogP contribution in [0.15, 0.2) is 0 Å². The number of hydrogen-bond acceptors (Lipinski definition) is 4. The van der Waals surface area contributed by atoms with Gasteiger partial charge in [-0.25, -0.2) is 0 Å². The molecule has 7 heteroatoms. The number of carboxylic acid groups (broad SMARTS) is 1. The molecule has 1 saturated heterocycles. The lowest BCUT2D eigenvalue weighted by Crippen LogP contribution is -2.58. The molecule has 0 aliphatic carbocycles. The van der Waals surface area contributed by atoms with Crippen LogP contribution in [0.1, 0.15) is 6.92 Å². The highest BCUT2D eigenvalue weighted by Crippen LogP contribution is 1.93. The Labute approximate surface area is 92.6 Å². The molecule has 0 aromatic heterocycles. The summed E-state index contributed by atoms with van der Waals surface area (Å²) < 4.78 is 0.